The highest BCUT2D eigenvalue weighted by Crippen LogP contribution is 2.12. The largest absolute Gasteiger partial charge is 0.409 e. The van der Waals surface area contributed by atoms with Gasteiger partial charge in [-0.1, -0.05) is 19.0 Å². The van der Waals surface area contributed by atoms with Crippen molar-refractivity contribution in [3.05, 3.63) is 0 Å². The number of hydrogen-bond acceptors (Lipinski definition) is 4. The normalized spacial score (nSPS) is 12.6. The van der Waals surface area contributed by atoms with Crippen LogP contribution in [-0.4, -0.2) is 36.7 Å². The molecule has 15 heavy (non-hydrogen) atoms. The van der Waals surface area contributed by atoms with Crippen LogP contribution >= 0.6 is 0 Å². The monoisotopic (exact) mass is 217 g/mol. The summed E-state index contributed by atoms with van der Waals surface area (Å²) in [7, 11) is 0. The van der Waals surface area contributed by atoms with Crippen LogP contribution in [0.15, 0.2) is 5.16 Å². The van der Waals surface area contributed by atoms with Crippen molar-refractivity contribution in [1.29, 1.82) is 0 Å². The summed E-state index contributed by atoms with van der Waals surface area (Å²) in [6.07, 6.45) is 0. The molecule has 0 aliphatic rings. The number of amides is 1. The zero-order valence-electron chi connectivity index (χ0n) is 9.41. The predicted molar refractivity (Wildman–Crippen MR) is 56.7 cm³/mol. The van der Waals surface area contributed by atoms with Crippen LogP contribution in [0.25, 0.3) is 0 Å². The van der Waals surface area contributed by atoms with Gasteiger partial charge in [0.15, 0.2) is 0 Å². The van der Waals surface area contributed by atoms with E-state index in [-0.39, 0.29) is 18.3 Å². The molecule has 0 atom stereocenters. The molecule has 0 aliphatic heterocycles. The SMILES string of the molecule is CCOCC(=O)NCC(C)(C)C(N)=NO. The third kappa shape index (κ3) is 5.21. The van der Waals surface area contributed by atoms with Crippen molar-refractivity contribution in [1.82, 2.24) is 5.32 Å². The van der Waals surface area contributed by atoms with Crippen LogP contribution in [0.5, 0.6) is 0 Å². The second kappa shape index (κ2) is 6.23. The van der Waals surface area contributed by atoms with Crippen LogP contribution in [0.3, 0.4) is 0 Å². The quantitative estimate of drug-likeness (QED) is 0.251. The number of nitrogens with two attached hydrogens (primary N) is 1. The van der Waals surface area contributed by atoms with Crippen LogP contribution in [0, 0.1) is 5.41 Å². The smallest absolute Gasteiger partial charge is 0.246 e. The van der Waals surface area contributed by atoms with Crippen molar-refractivity contribution >= 4 is 11.7 Å². The van der Waals surface area contributed by atoms with Crippen molar-refractivity contribution in [2.45, 2.75) is 20.8 Å². The van der Waals surface area contributed by atoms with E-state index in [9.17, 15) is 4.79 Å². The Balaban J connectivity index is 3.98. The number of ether oxygens (including phenoxy) is 1. The molecule has 0 fully saturated rings. The van der Waals surface area contributed by atoms with Crippen molar-refractivity contribution in [2.75, 3.05) is 19.8 Å². The van der Waals surface area contributed by atoms with E-state index in [1.165, 1.54) is 0 Å². The number of oxime groups is 1. The first-order valence-electron chi connectivity index (χ1n) is 4.76. The third-order valence-corrected chi connectivity index (χ3v) is 1.97. The number of nitrogens with zero attached hydrogens (tertiary/aromatic N) is 1. The molecule has 0 rings (SSSR count). The Morgan fingerprint density at radius 2 is 2.20 bits per heavy atom. The molecule has 0 aliphatic carbocycles. The molecule has 88 valence electrons. The van der Waals surface area contributed by atoms with E-state index in [1.807, 2.05) is 6.92 Å². The second-order valence-corrected chi connectivity index (χ2v) is 3.78. The highest BCUT2D eigenvalue weighted by Gasteiger charge is 2.24. The minimum absolute atomic E-state index is 0.0305. The van der Waals surface area contributed by atoms with E-state index in [2.05, 4.69) is 10.5 Å². The Hall–Kier alpha value is -1.30. The maximum atomic E-state index is 11.2. The van der Waals surface area contributed by atoms with Gasteiger partial charge in [-0.25, -0.2) is 0 Å². The maximum Gasteiger partial charge on any atom is 0.246 e. The predicted octanol–water partition coefficient (Wildman–Crippen LogP) is -0.0883. The molecule has 0 unspecified atom stereocenters. The standard InChI is InChI=1S/C9H19N3O3/c1-4-15-5-7(13)11-6-9(2,3)8(10)12-14/h14H,4-6H2,1-3H3,(H2,10,12)(H,11,13). The molecular formula is C9H19N3O3. The molecule has 0 aromatic carbocycles. The van der Waals surface area contributed by atoms with Crippen molar-refractivity contribution in [3.8, 4) is 0 Å². The molecule has 0 saturated heterocycles. The molecule has 6 heteroatoms. The lowest BCUT2D eigenvalue weighted by molar-refractivity contribution is -0.125. The lowest BCUT2D eigenvalue weighted by Gasteiger charge is -2.22. The summed E-state index contributed by atoms with van der Waals surface area (Å²) in [6.45, 7) is 6.17. The summed E-state index contributed by atoms with van der Waals surface area (Å²) >= 11 is 0. The van der Waals surface area contributed by atoms with Gasteiger partial charge in [0.25, 0.3) is 0 Å². The fourth-order valence-corrected chi connectivity index (χ4v) is 0.791. The topological polar surface area (TPSA) is 96.9 Å². The van der Waals surface area contributed by atoms with Gasteiger partial charge in [0.2, 0.25) is 5.91 Å². The molecule has 6 nitrogen and oxygen atoms in total. The van der Waals surface area contributed by atoms with E-state index >= 15 is 0 Å². The number of nitrogens with one attached hydrogen (secondary N) is 1. The molecule has 0 spiro atoms. The van der Waals surface area contributed by atoms with Gasteiger partial charge in [-0.3, -0.25) is 4.79 Å². The number of carbonyl (C=O) groups excluding carboxylic acids is 1. The molecule has 0 heterocycles. The molecule has 0 radical (unpaired) electrons. The minimum atomic E-state index is -0.573. The average molecular weight is 217 g/mol. The maximum absolute atomic E-state index is 11.2. The van der Waals surface area contributed by atoms with Crippen molar-refractivity contribution in [2.24, 2.45) is 16.3 Å². The van der Waals surface area contributed by atoms with Crippen LogP contribution in [0.4, 0.5) is 0 Å². The lowest BCUT2D eigenvalue weighted by Crippen LogP contribution is -2.43. The number of hydrogen-bond donors (Lipinski definition) is 3. The first kappa shape index (κ1) is 13.7. The van der Waals surface area contributed by atoms with Gasteiger partial charge in [0.1, 0.15) is 12.4 Å². The Morgan fingerprint density at radius 3 is 2.67 bits per heavy atom. The van der Waals surface area contributed by atoms with E-state index in [0.717, 1.165) is 0 Å². The Bertz CT molecular complexity index is 239. The molecule has 1 amide bonds. The minimum Gasteiger partial charge on any atom is -0.409 e. The Labute approximate surface area is 89.5 Å². The second-order valence-electron chi connectivity index (χ2n) is 3.78. The van der Waals surface area contributed by atoms with E-state index in [1.54, 1.807) is 13.8 Å². The summed E-state index contributed by atoms with van der Waals surface area (Å²) in [4.78, 5) is 11.2. The van der Waals surface area contributed by atoms with Gasteiger partial charge in [-0.2, -0.15) is 0 Å². The summed E-state index contributed by atoms with van der Waals surface area (Å²) < 4.78 is 4.92. The Morgan fingerprint density at radius 1 is 1.60 bits per heavy atom. The summed E-state index contributed by atoms with van der Waals surface area (Å²) in [5.41, 5.74) is 4.88. The Kier molecular flexibility index (Phi) is 5.69. The van der Waals surface area contributed by atoms with Gasteiger partial charge in [0.05, 0.1) is 0 Å². The van der Waals surface area contributed by atoms with E-state index in [0.29, 0.717) is 13.2 Å². The molecule has 0 saturated carbocycles. The first-order valence-corrected chi connectivity index (χ1v) is 4.76. The summed E-state index contributed by atoms with van der Waals surface area (Å²) in [5.74, 6) is -0.130. The number of amidine groups is 1. The fourth-order valence-electron chi connectivity index (χ4n) is 0.791. The van der Waals surface area contributed by atoms with E-state index in [4.69, 9.17) is 15.7 Å². The highest BCUT2D eigenvalue weighted by atomic mass is 16.5. The fraction of sp³-hybridized carbons (Fsp3) is 0.778. The van der Waals surface area contributed by atoms with Crippen LogP contribution in [0.2, 0.25) is 0 Å². The average Bonchev–Trinajstić information content (AvgIpc) is 2.22. The highest BCUT2D eigenvalue weighted by molar-refractivity contribution is 5.86. The van der Waals surface area contributed by atoms with Crippen LogP contribution in [-0.2, 0) is 9.53 Å². The van der Waals surface area contributed by atoms with Gasteiger partial charge < -0.3 is 21.0 Å². The number of carbonyl (C=O) groups is 1. The summed E-state index contributed by atoms with van der Waals surface area (Å²) in [6, 6.07) is 0. The van der Waals surface area contributed by atoms with Crippen molar-refractivity contribution < 1.29 is 14.7 Å². The third-order valence-electron chi connectivity index (χ3n) is 1.97. The molecule has 0 aromatic rings. The van der Waals surface area contributed by atoms with Crippen molar-refractivity contribution in [3.63, 3.8) is 0 Å². The van der Waals surface area contributed by atoms with Gasteiger partial charge >= 0.3 is 0 Å². The first-order chi connectivity index (χ1) is 6.94. The summed E-state index contributed by atoms with van der Waals surface area (Å²) in [5, 5.41) is 14.1. The van der Waals surface area contributed by atoms with Crippen LogP contribution in [0.1, 0.15) is 20.8 Å². The van der Waals surface area contributed by atoms with Gasteiger partial charge in [-0.15, -0.1) is 0 Å². The van der Waals surface area contributed by atoms with Crippen LogP contribution < -0.4 is 11.1 Å². The lowest BCUT2D eigenvalue weighted by atomic mass is 9.92. The molecule has 4 N–H and O–H groups in total. The number of rotatable bonds is 6. The zero-order valence-corrected chi connectivity index (χ0v) is 9.41. The zero-order chi connectivity index (χ0) is 11.9. The molecule has 0 aromatic heterocycles. The molecular weight excluding hydrogens is 198 g/mol. The molecule has 0 bridgehead atoms. The van der Waals surface area contributed by atoms with Gasteiger partial charge in [-0.05, 0) is 6.92 Å². The van der Waals surface area contributed by atoms with E-state index < -0.39 is 5.41 Å². The van der Waals surface area contributed by atoms with Gasteiger partial charge in [0, 0.05) is 18.6 Å².